The van der Waals surface area contributed by atoms with Gasteiger partial charge in [-0.05, 0) is 68.7 Å². The summed E-state index contributed by atoms with van der Waals surface area (Å²) in [6.07, 6.45) is 1.30. The van der Waals surface area contributed by atoms with Crippen molar-refractivity contribution in [1.29, 1.82) is 0 Å². The zero-order chi connectivity index (χ0) is 18.2. The van der Waals surface area contributed by atoms with E-state index in [0.717, 1.165) is 17.5 Å². The van der Waals surface area contributed by atoms with Crippen molar-refractivity contribution < 1.29 is 13.5 Å². The highest BCUT2D eigenvalue weighted by Crippen LogP contribution is 2.16. The number of ether oxygens (including phenoxy) is 1. The van der Waals surface area contributed by atoms with E-state index in [0.29, 0.717) is 30.9 Å². The summed E-state index contributed by atoms with van der Waals surface area (Å²) in [7, 11) is 0. The highest BCUT2D eigenvalue weighted by molar-refractivity contribution is 14.0. The van der Waals surface area contributed by atoms with Gasteiger partial charge in [0.05, 0.1) is 6.10 Å². The van der Waals surface area contributed by atoms with Crippen LogP contribution in [0.4, 0.5) is 14.5 Å². The predicted molar refractivity (Wildman–Crippen MR) is 112 cm³/mol. The van der Waals surface area contributed by atoms with E-state index in [1.807, 2.05) is 38.1 Å². The van der Waals surface area contributed by atoms with Crippen molar-refractivity contribution in [2.24, 2.45) is 10.7 Å². The zero-order valence-corrected chi connectivity index (χ0v) is 17.2. The minimum Gasteiger partial charge on any atom is -0.491 e. The molecule has 0 radical (unpaired) electrons. The fourth-order valence-corrected chi connectivity index (χ4v) is 2.31. The Hall–Kier alpha value is -1.90. The van der Waals surface area contributed by atoms with Crippen molar-refractivity contribution in [3.8, 4) is 5.75 Å². The molecule has 0 unspecified atom stereocenters. The molecule has 0 aliphatic carbocycles. The van der Waals surface area contributed by atoms with Crippen molar-refractivity contribution in [1.82, 2.24) is 0 Å². The van der Waals surface area contributed by atoms with Crippen LogP contribution in [-0.4, -0.2) is 18.6 Å². The molecule has 4 nitrogen and oxygen atoms in total. The molecule has 142 valence electrons. The molecule has 0 aliphatic heterocycles. The number of benzene rings is 2. The summed E-state index contributed by atoms with van der Waals surface area (Å²) in [4.78, 5) is 4.21. The number of nitrogens with two attached hydrogens (primary N) is 1. The lowest BCUT2D eigenvalue weighted by Gasteiger charge is -2.11. The monoisotopic (exact) mass is 475 g/mol. The van der Waals surface area contributed by atoms with Crippen LogP contribution < -0.4 is 15.8 Å². The van der Waals surface area contributed by atoms with Gasteiger partial charge in [0.2, 0.25) is 0 Å². The third kappa shape index (κ3) is 7.99. The number of nitrogens with zero attached hydrogens (tertiary/aromatic N) is 1. The average molecular weight is 475 g/mol. The molecule has 7 heteroatoms. The molecule has 26 heavy (non-hydrogen) atoms. The van der Waals surface area contributed by atoms with Gasteiger partial charge in [0.15, 0.2) is 5.96 Å². The first kappa shape index (κ1) is 22.1. The van der Waals surface area contributed by atoms with Crippen LogP contribution in [0.1, 0.15) is 25.8 Å². The van der Waals surface area contributed by atoms with E-state index < -0.39 is 11.6 Å². The molecule has 0 aromatic heterocycles. The summed E-state index contributed by atoms with van der Waals surface area (Å²) < 4.78 is 31.8. The summed E-state index contributed by atoms with van der Waals surface area (Å²) in [6.45, 7) is 4.40. The average Bonchev–Trinajstić information content (AvgIpc) is 2.52. The maximum absolute atomic E-state index is 13.1. The number of hydrogen-bond donors (Lipinski definition) is 2. The molecule has 0 amide bonds. The van der Waals surface area contributed by atoms with Crippen LogP contribution in [0.25, 0.3) is 0 Å². The summed E-state index contributed by atoms with van der Waals surface area (Å²) in [5.41, 5.74) is 7.26. The first-order chi connectivity index (χ1) is 11.9. The van der Waals surface area contributed by atoms with Crippen molar-refractivity contribution in [2.45, 2.75) is 32.8 Å². The van der Waals surface area contributed by atoms with E-state index in [1.165, 1.54) is 12.1 Å². The van der Waals surface area contributed by atoms with Crippen LogP contribution in [-0.2, 0) is 6.42 Å². The Kier molecular flexibility index (Phi) is 9.32. The van der Waals surface area contributed by atoms with Gasteiger partial charge < -0.3 is 15.8 Å². The number of rotatable bonds is 7. The van der Waals surface area contributed by atoms with Crippen molar-refractivity contribution in [3.63, 3.8) is 0 Å². The second kappa shape index (κ2) is 10.9. The van der Waals surface area contributed by atoms with Crippen LogP contribution in [0.15, 0.2) is 47.5 Å². The summed E-state index contributed by atoms with van der Waals surface area (Å²) in [5.74, 6) is -0.0458. The first-order valence-corrected chi connectivity index (χ1v) is 8.21. The Bertz CT molecular complexity index is 701. The van der Waals surface area contributed by atoms with Gasteiger partial charge in [0.1, 0.15) is 17.4 Å². The van der Waals surface area contributed by atoms with Gasteiger partial charge in [-0.2, -0.15) is 0 Å². The van der Waals surface area contributed by atoms with E-state index in [-0.39, 0.29) is 30.1 Å². The van der Waals surface area contributed by atoms with Gasteiger partial charge in [-0.15, -0.1) is 24.0 Å². The topological polar surface area (TPSA) is 59.6 Å². The number of aliphatic imine (C=N–C) groups is 1. The molecule has 0 saturated heterocycles. The van der Waals surface area contributed by atoms with E-state index in [4.69, 9.17) is 10.5 Å². The molecule has 0 fully saturated rings. The maximum atomic E-state index is 13.1. The lowest BCUT2D eigenvalue weighted by Crippen LogP contribution is -2.22. The predicted octanol–water partition coefficient (Wildman–Crippen LogP) is 4.73. The molecule has 2 aromatic carbocycles. The molecule has 0 bridgehead atoms. The fraction of sp³-hybridized carbons (Fsp3) is 0.316. The molecular weight excluding hydrogens is 451 g/mol. The lowest BCUT2D eigenvalue weighted by atomic mass is 10.1. The van der Waals surface area contributed by atoms with Crippen molar-refractivity contribution in [2.75, 3.05) is 11.9 Å². The van der Waals surface area contributed by atoms with Gasteiger partial charge in [-0.25, -0.2) is 8.78 Å². The Morgan fingerprint density at radius 2 is 1.73 bits per heavy atom. The number of nitrogens with one attached hydrogen (secondary N) is 1. The van der Waals surface area contributed by atoms with E-state index in [9.17, 15) is 8.78 Å². The number of guanidine groups is 1. The third-order valence-electron chi connectivity index (χ3n) is 3.33. The summed E-state index contributed by atoms with van der Waals surface area (Å²) in [6, 6.07) is 10.9. The standard InChI is InChI=1S/C19H23F2N3O.HI/c1-13(2)25-18-7-5-17(6-8-18)24-19(22)23-9-3-4-14-10-15(20)12-16(21)11-14;/h5-8,10-13H,3-4,9H2,1-2H3,(H3,22,23,24);1H. The quantitative estimate of drug-likeness (QED) is 0.264. The second-order valence-electron chi connectivity index (χ2n) is 5.96. The van der Waals surface area contributed by atoms with E-state index in [2.05, 4.69) is 10.3 Å². The molecular formula is C19H24F2IN3O. The summed E-state index contributed by atoms with van der Waals surface area (Å²) in [5, 5.41) is 2.99. The zero-order valence-electron chi connectivity index (χ0n) is 14.8. The lowest BCUT2D eigenvalue weighted by molar-refractivity contribution is 0.242. The third-order valence-corrected chi connectivity index (χ3v) is 3.33. The molecule has 0 saturated carbocycles. The molecule has 2 aromatic rings. The van der Waals surface area contributed by atoms with E-state index in [1.54, 1.807) is 0 Å². The minimum absolute atomic E-state index is 0. The largest absolute Gasteiger partial charge is 0.491 e. The van der Waals surface area contributed by atoms with Gasteiger partial charge in [0.25, 0.3) is 0 Å². The minimum atomic E-state index is -0.565. The number of anilines is 1. The van der Waals surface area contributed by atoms with Gasteiger partial charge in [-0.3, -0.25) is 4.99 Å². The normalized spacial score (nSPS) is 11.2. The highest BCUT2D eigenvalue weighted by Gasteiger charge is 2.01. The molecule has 2 rings (SSSR count). The van der Waals surface area contributed by atoms with Crippen LogP contribution in [0, 0.1) is 11.6 Å². The molecule has 0 heterocycles. The van der Waals surface area contributed by atoms with Crippen LogP contribution in [0.5, 0.6) is 5.75 Å². The second-order valence-corrected chi connectivity index (χ2v) is 5.96. The molecule has 0 atom stereocenters. The van der Waals surface area contributed by atoms with Crippen LogP contribution in [0.2, 0.25) is 0 Å². The number of hydrogen-bond acceptors (Lipinski definition) is 2. The van der Waals surface area contributed by atoms with E-state index >= 15 is 0 Å². The van der Waals surface area contributed by atoms with Gasteiger partial charge >= 0.3 is 0 Å². The fourth-order valence-electron chi connectivity index (χ4n) is 2.31. The van der Waals surface area contributed by atoms with Gasteiger partial charge in [-0.1, -0.05) is 0 Å². The maximum Gasteiger partial charge on any atom is 0.193 e. The SMILES string of the molecule is CC(C)Oc1ccc(NC(N)=NCCCc2cc(F)cc(F)c2)cc1.I. The van der Waals surface area contributed by atoms with Gasteiger partial charge in [0, 0.05) is 18.3 Å². The summed E-state index contributed by atoms with van der Waals surface area (Å²) >= 11 is 0. The number of aryl methyl sites for hydroxylation is 1. The molecule has 0 spiro atoms. The molecule has 3 N–H and O–H groups in total. The van der Waals surface area contributed by atoms with Crippen LogP contribution >= 0.6 is 24.0 Å². The molecule has 0 aliphatic rings. The Labute approximate surface area is 169 Å². The van der Waals surface area contributed by atoms with Crippen molar-refractivity contribution >= 4 is 35.6 Å². The van der Waals surface area contributed by atoms with Crippen molar-refractivity contribution in [3.05, 3.63) is 59.7 Å². The Balaban J connectivity index is 0.00000338. The number of halogens is 3. The first-order valence-electron chi connectivity index (χ1n) is 8.21. The Morgan fingerprint density at radius 3 is 2.31 bits per heavy atom. The smallest absolute Gasteiger partial charge is 0.193 e. The highest BCUT2D eigenvalue weighted by atomic mass is 127. The van der Waals surface area contributed by atoms with Crippen LogP contribution in [0.3, 0.4) is 0 Å². The Morgan fingerprint density at radius 1 is 1.12 bits per heavy atom.